The van der Waals surface area contributed by atoms with Crippen LogP contribution in [0.15, 0.2) is 12.3 Å². The van der Waals surface area contributed by atoms with Gasteiger partial charge in [-0.25, -0.2) is 0 Å². The van der Waals surface area contributed by atoms with Gasteiger partial charge in [0.05, 0.1) is 0 Å². The number of carbonyl (C=O) groups excluding carboxylic acids is 1. The van der Waals surface area contributed by atoms with Gasteiger partial charge in [0.1, 0.15) is 12.2 Å². The number of rotatable bonds is 5. The van der Waals surface area contributed by atoms with Crippen molar-refractivity contribution >= 4 is 5.91 Å². The quantitative estimate of drug-likeness (QED) is 0.899. The molecule has 0 unspecified atom stereocenters. The Morgan fingerprint density at radius 2 is 1.96 bits per heavy atom. The van der Waals surface area contributed by atoms with Crippen LogP contribution in [0.3, 0.4) is 0 Å². The Morgan fingerprint density at radius 3 is 2.57 bits per heavy atom. The Kier molecular flexibility index (Phi) is 4.61. The van der Waals surface area contributed by atoms with Crippen LogP contribution in [0.5, 0.6) is 0 Å². The molecule has 1 aliphatic heterocycles. The van der Waals surface area contributed by atoms with Crippen molar-refractivity contribution in [3.05, 3.63) is 18.0 Å². The van der Waals surface area contributed by atoms with Crippen LogP contribution in [0, 0.1) is 5.92 Å². The van der Waals surface area contributed by atoms with Crippen molar-refractivity contribution < 1.29 is 18.0 Å². The van der Waals surface area contributed by atoms with Crippen molar-refractivity contribution in [3.8, 4) is 0 Å². The number of hydrogen-bond acceptors (Lipinski definition) is 3. The molecule has 0 aromatic carbocycles. The molecule has 0 atom stereocenters. The first kappa shape index (κ1) is 16.3. The van der Waals surface area contributed by atoms with Crippen LogP contribution < -0.4 is 5.32 Å². The summed E-state index contributed by atoms with van der Waals surface area (Å²) in [6.45, 7) is 1.37. The Labute approximate surface area is 132 Å². The number of likely N-dealkylation sites (tertiary alicyclic amines) is 1. The van der Waals surface area contributed by atoms with Crippen LogP contribution in [0.25, 0.3) is 0 Å². The Hall–Kier alpha value is -1.57. The predicted molar refractivity (Wildman–Crippen MR) is 77.9 cm³/mol. The smallest absolute Gasteiger partial charge is 0.350 e. The van der Waals surface area contributed by atoms with Crippen molar-refractivity contribution in [2.45, 2.75) is 44.4 Å². The topological polar surface area (TPSA) is 50.2 Å². The zero-order valence-corrected chi connectivity index (χ0v) is 12.9. The zero-order valence-electron chi connectivity index (χ0n) is 12.9. The standard InChI is InChI=1S/C15H21F3N4O/c16-15(17,18)10-22-13(3-6-20-22)14(23)19-9-11-4-7-21(8-5-11)12-1-2-12/h3,6,11-12H,1-2,4-5,7-10H2,(H,19,23). The average Bonchev–Trinajstić information content (AvgIpc) is 3.24. The maximum absolute atomic E-state index is 12.4. The van der Waals surface area contributed by atoms with Gasteiger partial charge in [-0.2, -0.15) is 18.3 Å². The summed E-state index contributed by atoms with van der Waals surface area (Å²) in [5.74, 6) is -0.0932. The second-order valence-electron chi connectivity index (χ2n) is 6.41. The molecular weight excluding hydrogens is 309 g/mol. The molecule has 8 heteroatoms. The summed E-state index contributed by atoms with van der Waals surface area (Å²) in [6.07, 6.45) is 1.47. The monoisotopic (exact) mass is 330 g/mol. The lowest BCUT2D eigenvalue weighted by Crippen LogP contribution is -2.40. The molecule has 1 aliphatic carbocycles. The Balaban J connectivity index is 1.47. The lowest BCUT2D eigenvalue weighted by Gasteiger charge is -2.32. The number of nitrogens with zero attached hydrogens (tertiary/aromatic N) is 3. The van der Waals surface area contributed by atoms with Gasteiger partial charge in [-0.05, 0) is 50.8 Å². The second kappa shape index (κ2) is 6.51. The Morgan fingerprint density at radius 1 is 1.26 bits per heavy atom. The Bertz CT molecular complexity index is 545. The maximum Gasteiger partial charge on any atom is 0.408 e. The molecule has 1 N–H and O–H groups in total. The van der Waals surface area contributed by atoms with Gasteiger partial charge in [0.15, 0.2) is 0 Å². The van der Waals surface area contributed by atoms with Crippen molar-refractivity contribution in [1.29, 1.82) is 0 Å². The SMILES string of the molecule is O=C(NCC1CCN(C2CC2)CC1)c1ccnn1CC(F)(F)F. The zero-order chi connectivity index (χ0) is 16.4. The third-order valence-electron chi connectivity index (χ3n) is 4.54. The lowest BCUT2D eigenvalue weighted by atomic mass is 9.96. The van der Waals surface area contributed by atoms with Crippen molar-refractivity contribution in [1.82, 2.24) is 20.0 Å². The molecule has 1 saturated heterocycles. The molecule has 128 valence electrons. The van der Waals surface area contributed by atoms with E-state index in [0.29, 0.717) is 17.1 Å². The highest BCUT2D eigenvalue weighted by Crippen LogP contribution is 2.30. The summed E-state index contributed by atoms with van der Waals surface area (Å²) in [5.41, 5.74) is -0.0438. The highest BCUT2D eigenvalue weighted by atomic mass is 19.4. The van der Waals surface area contributed by atoms with E-state index in [4.69, 9.17) is 0 Å². The molecule has 0 bridgehead atoms. The number of carbonyl (C=O) groups is 1. The fraction of sp³-hybridized carbons (Fsp3) is 0.733. The van der Waals surface area contributed by atoms with E-state index >= 15 is 0 Å². The van der Waals surface area contributed by atoms with Crippen LogP contribution >= 0.6 is 0 Å². The van der Waals surface area contributed by atoms with Crippen LogP contribution in [-0.2, 0) is 6.54 Å². The molecule has 1 saturated carbocycles. The van der Waals surface area contributed by atoms with Crippen LogP contribution in [0.2, 0.25) is 0 Å². The number of amides is 1. The third-order valence-corrected chi connectivity index (χ3v) is 4.54. The minimum atomic E-state index is -4.39. The minimum absolute atomic E-state index is 0.0438. The van der Waals surface area contributed by atoms with Gasteiger partial charge >= 0.3 is 6.18 Å². The van der Waals surface area contributed by atoms with Crippen molar-refractivity contribution in [2.75, 3.05) is 19.6 Å². The first-order valence-corrected chi connectivity index (χ1v) is 8.03. The number of aromatic nitrogens is 2. The second-order valence-corrected chi connectivity index (χ2v) is 6.41. The molecule has 1 aromatic heterocycles. The molecule has 2 fully saturated rings. The predicted octanol–water partition coefficient (Wildman–Crippen LogP) is 2.05. The van der Waals surface area contributed by atoms with E-state index in [9.17, 15) is 18.0 Å². The molecule has 3 rings (SSSR count). The third kappa shape index (κ3) is 4.46. The van der Waals surface area contributed by atoms with E-state index in [0.717, 1.165) is 32.0 Å². The molecule has 5 nitrogen and oxygen atoms in total. The summed E-state index contributed by atoms with van der Waals surface area (Å²) < 4.78 is 38.0. The highest BCUT2D eigenvalue weighted by molar-refractivity contribution is 5.92. The first-order chi connectivity index (χ1) is 10.9. The molecule has 0 radical (unpaired) electrons. The summed E-state index contributed by atoms with van der Waals surface area (Å²) in [5, 5.41) is 6.34. The molecule has 2 heterocycles. The van der Waals surface area contributed by atoms with Gasteiger partial charge in [0.2, 0.25) is 0 Å². The molecule has 2 aliphatic rings. The molecule has 1 amide bonds. The van der Waals surface area contributed by atoms with E-state index < -0.39 is 18.6 Å². The largest absolute Gasteiger partial charge is 0.408 e. The molecule has 0 spiro atoms. The van der Waals surface area contributed by atoms with Crippen LogP contribution in [0.4, 0.5) is 13.2 Å². The molecular formula is C15H21F3N4O. The van der Waals surface area contributed by atoms with Gasteiger partial charge < -0.3 is 10.2 Å². The molecule has 23 heavy (non-hydrogen) atoms. The maximum atomic E-state index is 12.4. The minimum Gasteiger partial charge on any atom is -0.350 e. The normalized spacial score (nSPS) is 20.7. The van der Waals surface area contributed by atoms with Crippen LogP contribution in [0.1, 0.15) is 36.2 Å². The number of hydrogen-bond donors (Lipinski definition) is 1. The fourth-order valence-electron chi connectivity index (χ4n) is 3.11. The van der Waals surface area contributed by atoms with Crippen molar-refractivity contribution in [2.24, 2.45) is 5.92 Å². The fourth-order valence-corrected chi connectivity index (χ4v) is 3.11. The van der Waals surface area contributed by atoms with E-state index in [1.54, 1.807) is 0 Å². The lowest BCUT2D eigenvalue weighted by molar-refractivity contribution is -0.142. The van der Waals surface area contributed by atoms with E-state index in [-0.39, 0.29) is 5.69 Å². The molecule has 1 aromatic rings. The van der Waals surface area contributed by atoms with E-state index in [1.807, 2.05) is 0 Å². The number of nitrogens with one attached hydrogen (secondary N) is 1. The number of halogens is 3. The summed E-state index contributed by atoms with van der Waals surface area (Å²) in [7, 11) is 0. The van der Waals surface area contributed by atoms with Crippen LogP contribution in [-0.4, -0.2) is 52.4 Å². The van der Waals surface area contributed by atoms with Gasteiger partial charge in [0.25, 0.3) is 5.91 Å². The highest BCUT2D eigenvalue weighted by Gasteiger charge is 2.32. The van der Waals surface area contributed by atoms with Crippen molar-refractivity contribution in [3.63, 3.8) is 0 Å². The average molecular weight is 330 g/mol. The van der Waals surface area contributed by atoms with Gasteiger partial charge in [-0.15, -0.1) is 0 Å². The summed E-state index contributed by atoms with van der Waals surface area (Å²) in [6, 6.07) is 2.08. The van der Waals surface area contributed by atoms with Gasteiger partial charge in [-0.3, -0.25) is 9.48 Å². The van der Waals surface area contributed by atoms with E-state index in [1.165, 1.54) is 25.1 Å². The number of piperidine rings is 1. The summed E-state index contributed by atoms with van der Waals surface area (Å²) >= 11 is 0. The first-order valence-electron chi connectivity index (χ1n) is 8.03. The van der Waals surface area contributed by atoms with E-state index in [2.05, 4.69) is 15.3 Å². The van der Waals surface area contributed by atoms with Gasteiger partial charge in [-0.1, -0.05) is 0 Å². The summed E-state index contributed by atoms with van der Waals surface area (Å²) in [4.78, 5) is 14.6. The number of alkyl halides is 3. The van der Waals surface area contributed by atoms with Gasteiger partial charge in [0, 0.05) is 18.8 Å².